The lowest BCUT2D eigenvalue weighted by Crippen LogP contribution is -2.44. The Morgan fingerprint density at radius 3 is 2.53 bits per heavy atom. The van der Waals surface area contributed by atoms with Crippen LogP contribution >= 0.6 is 0 Å². The molecule has 2 saturated heterocycles. The van der Waals surface area contributed by atoms with Gasteiger partial charge < -0.3 is 15.0 Å². The lowest BCUT2D eigenvalue weighted by molar-refractivity contribution is -0.159. The van der Waals surface area contributed by atoms with Crippen LogP contribution in [0, 0.1) is 5.92 Å². The second-order valence-electron chi connectivity index (χ2n) is 6.46. The minimum absolute atomic E-state index is 0.0998. The van der Waals surface area contributed by atoms with Gasteiger partial charge in [0, 0.05) is 19.0 Å². The van der Waals surface area contributed by atoms with E-state index in [9.17, 15) is 9.59 Å². The van der Waals surface area contributed by atoms with Crippen molar-refractivity contribution >= 4 is 11.9 Å². The standard InChI is InChI=1S/C14H24N2O3/c1-14(2,3)19-13(18)10-8-12(17)16(9-10)11-4-6-15-7-5-11/h10-11,15H,4-9H2,1-3H3/t10-/m0/s1. The lowest BCUT2D eigenvalue weighted by Gasteiger charge is -2.31. The summed E-state index contributed by atoms with van der Waals surface area (Å²) in [5, 5.41) is 3.29. The maximum atomic E-state index is 12.1. The van der Waals surface area contributed by atoms with Crippen LogP contribution in [0.5, 0.6) is 0 Å². The number of ether oxygens (including phenoxy) is 1. The Kier molecular flexibility index (Phi) is 4.13. The fraction of sp³-hybridized carbons (Fsp3) is 0.857. The van der Waals surface area contributed by atoms with Gasteiger partial charge in [0.15, 0.2) is 0 Å². The van der Waals surface area contributed by atoms with Gasteiger partial charge in [-0.3, -0.25) is 9.59 Å². The van der Waals surface area contributed by atoms with Crippen LogP contribution in [0.4, 0.5) is 0 Å². The van der Waals surface area contributed by atoms with Crippen LogP contribution in [-0.4, -0.2) is 48.1 Å². The van der Waals surface area contributed by atoms with Gasteiger partial charge >= 0.3 is 5.97 Å². The molecule has 2 aliphatic heterocycles. The van der Waals surface area contributed by atoms with E-state index >= 15 is 0 Å². The fourth-order valence-corrected chi connectivity index (χ4v) is 2.75. The number of likely N-dealkylation sites (tertiary alicyclic amines) is 1. The highest BCUT2D eigenvalue weighted by Gasteiger charge is 2.39. The number of nitrogens with one attached hydrogen (secondary N) is 1. The molecule has 5 heteroatoms. The molecular formula is C14H24N2O3. The Hall–Kier alpha value is -1.10. The molecule has 0 aromatic rings. The second-order valence-corrected chi connectivity index (χ2v) is 6.46. The maximum absolute atomic E-state index is 12.1. The normalized spacial score (nSPS) is 25.7. The van der Waals surface area contributed by atoms with E-state index in [-0.39, 0.29) is 17.8 Å². The maximum Gasteiger partial charge on any atom is 0.311 e. The molecule has 0 aromatic carbocycles. The molecule has 19 heavy (non-hydrogen) atoms. The van der Waals surface area contributed by atoms with Crippen molar-refractivity contribution in [2.45, 2.75) is 51.7 Å². The third-order valence-electron chi connectivity index (χ3n) is 3.65. The molecule has 0 unspecified atom stereocenters. The molecule has 1 amide bonds. The molecule has 2 fully saturated rings. The zero-order valence-corrected chi connectivity index (χ0v) is 12.1. The summed E-state index contributed by atoms with van der Waals surface area (Å²) in [7, 11) is 0. The number of carbonyl (C=O) groups is 2. The molecule has 1 atom stereocenters. The zero-order chi connectivity index (χ0) is 14.0. The highest BCUT2D eigenvalue weighted by molar-refractivity contribution is 5.87. The summed E-state index contributed by atoms with van der Waals surface area (Å²) in [5.41, 5.74) is -0.484. The molecule has 2 rings (SSSR count). The molecule has 0 bridgehead atoms. The third kappa shape index (κ3) is 3.69. The molecule has 0 aliphatic carbocycles. The molecule has 0 radical (unpaired) electrons. The van der Waals surface area contributed by atoms with Crippen molar-refractivity contribution in [3.8, 4) is 0 Å². The molecule has 2 aliphatic rings. The van der Waals surface area contributed by atoms with E-state index in [1.807, 2.05) is 25.7 Å². The first-order valence-electron chi connectivity index (χ1n) is 7.10. The Balaban J connectivity index is 1.93. The quantitative estimate of drug-likeness (QED) is 0.757. The van der Waals surface area contributed by atoms with E-state index in [2.05, 4.69) is 5.32 Å². The van der Waals surface area contributed by atoms with Crippen molar-refractivity contribution in [1.29, 1.82) is 0 Å². The third-order valence-corrected chi connectivity index (χ3v) is 3.65. The number of amides is 1. The molecule has 2 heterocycles. The van der Waals surface area contributed by atoms with Gasteiger partial charge in [-0.1, -0.05) is 0 Å². The summed E-state index contributed by atoms with van der Waals surface area (Å²) in [6.07, 6.45) is 2.26. The number of esters is 1. The SMILES string of the molecule is CC(C)(C)OC(=O)[C@H]1CC(=O)N(C2CCNCC2)C1. The topological polar surface area (TPSA) is 58.6 Å². The molecule has 0 aromatic heterocycles. The number of hydrogen-bond acceptors (Lipinski definition) is 4. The Labute approximate surface area is 114 Å². The summed E-state index contributed by atoms with van der Waals surface area (Å²) >= 11 is 0. The summed E-state index contributed by atoms with van der Waals surface area (Å²) in [4.78, 5) is 26.0. The van der Waals surface area contributed by atoms with Gasteiger partial charge in [0.1, 0.15) is 5.60 Å². The average Bonchev–Trinajstić information content (AvgIpc) is 2.70. The van der Waals surface area contributed by atoms with Crippen LogP contribution in [0.2, 0.25) is 0 Å². The Morgan fingerprint density at radius 1 is 1.32 bits per heavy atom. The summed E-state index contributed by atoms with van der Waals surface area (Å²) in [6, 6.07) is 0.293. The van der Waals surface area contributed by atoms with Crippen molar-refractivity contribution in [2.75, 3.05) is 19.6 Å². The van der Waals surface area contributed by atoms with E-state index in [4.69, 9.17) is 4.74 Å². The Morgan fingerprint density at radius 2 is 1.95 bits per heavy atom. The smallest absolute Gasteiger partial charge is 0.311 e. The summed E-state index contributed by atoms with van der Waals surface area (Å²) in [5.74, 6) is -0.429. The highest BCUT2D eigenvalue weighted by Crippen LogP contribution is 2.26. The summed E-state index contributed by atoms with van der Waals surface area (Å²) < 4.78 is 5.38. The Bertz CT molecular complexity index is 356. The van der Waals surface area contributed by atoms with Crippen molar-refractivity contribution in [3.05, 3.63) is 0 Å². The van der Waals surface area contributed by atoms with Crippen LogP contribution in [0.15, 0.2) is 0 Å². The van der Waals surface area contributed by atoms with Crippen molar-refractivity contribution in [1.82, 2.24) is 10.2 Å². The first-order valence-corrected chi connectivity index (χ1v) is 7.10. The van der Waals surface area contributed by atoms with E-state index in [1.165, 1.54) is 0 Å². The van der Waals surface area contributed by atoms with Crippen LogP contribution < -0.4 is 5.32 Å². The van der Waals surface area contributed by atoms with Gasteiger partial charge in [-0.25, -0.2) is 0 Å². The van der Waals surface area contributed by atoms with E-state index in [0.717, 1.165) is 25.9 Å². The van der Waals surface area contributed by atoms with Gasteiger partial charge in [0.25, 0.3) is 0 Å². The largest absolute Gasteiger partial charge is 0.460 e. The predicted molar refractivity (Wildman–Crippen MR) is 71.6 cm³/mol. The van der Waals surface area contributed by atoms with E-state index < -0.39 is 5.60 Å². The molecule has 0 saturated carbocycles. The number of carbonyl (C=O) groups excluding carboxylic acids is 2. The fourth-order valence-electron chi connectivity index (χ4n) is 2.75. The second kappa shape index (κ2) is 5.49. The number of nitrogens with zero attached hydrogens (tertiary/aromatic N) is 1. The van der Waals surface area contributed by atoms with E-state index in [0.29, 0.717) is 19.0 Å². The molecular weight excluding hydrogens is 244 g/mol. The molecule has 0 spiro atoms. The highest BCUT2D eigenvalue weighted by atomic mass is 16.6. The van der Waals surface area contributed by atoms with Gasteiger partial charge in [-0.05, 0) is 46.7 Å². The van der Waals surface area contributed by atoms with Gasteiger partial charge in [-0.2, -0.15) is 0 Å². The number of piperidine rings is 1. The van der Waals surface area contributed by atoms with Gasteiger partial charge in [0.2, 0.25) is 5.91 Å². The lowest BCUT2D eigenvalue weighted by atomic mass is 10.1. The van der Waals surface area contributed by atoms with Crippen LogP contribution in [0.25, 0.3) is 0 Å². The minimum atomic E-state index is -0.484. The zero-order valence-electron chi connectivity index (χ0n) is 12.1. The van der Waals surface area contributed by atoms with Crippen LogP contribution in [-0.2, 0) is 14.3 Å². The van der Waals surface area contributed by atoms with Crippen molar-refractivity contribution in [3.63, 3.8) is 0 Å². The van der Waals surface area contributed by atoms with Crippen LogP contribution in [0.3, 0.4) is 0 Å². The monoisotopic (exact) mass is 268 g/mol. The van der Waals surface area contributed by atoms with E-state index in [1.54, 1.807) is 0 Å². The first kappa shape index (κ1) is 14.3. The predicted octanol–water partition coefficient (Wildman–Crippen LogP) is 0.929. The van der Waals surface area contributed by atoms with Crippen LogP contribution in [0.1, 0.15) is 40.0 Å². The van der Waals surface area contributed by atoms with Crippen molar-refractivity contribution < 1.29 is 14.3 Å². The molecule has 5 nitrogen and oxygen atoms in total. The number of hydrogen-bond donors (Lipinski definition) is 1. The average molecular weight is 268 g/mol. The van der Waals surface area contributed by atoms with Crippen molar-refractivity contribution in [2.24, 2.45) is 5.92 Å². The number of rotatable bonds is 2. The molecule has 1 N–H and O–H groups in total. The first-order chi connectivity index (χ1) is 8.87. The van der Waals surface area contributed by atoms with Gasteiger partial charge in [0.05, 0.1) is 5.92 Å². The molecule has 108 valence electrons. The van der Waals surface area contributed by atoms with Gasteiger partial charge in [-0.15, -0.1) is 0 Å². The summed E-state index contributed by atoms with van der Waals surface area (Å²) in [6.45, 7) is 7.99. The minimum Gasteiger partial charge on any atom is -0.460 e.